The van der Waals surface area contributed by atoms with Gasteiger partial charge in [0, 0.05) is 35.4 Å². The molecule has 0 saturated carbocycles. The zero-order valence-corrected chi connectivity index (χ0v) is 16.8. The quantitative estimate of drug-likeness (QED) is 0.582. The van der Waals surface area contributed by atoms with Crippen molar-refractivity contribution in [2.45, 2.75) is 19.5 Å². The molecule has 3 rings (SSSR count). The number of imidazole rings is 1. The molecular weight excluding hydrogens is 437 g/mol. The highest BCUT2D eigenvalue weighted by atomic mass is 79.9. The fraction of sp³-hybridized carbons (Fsp3) is 0.263. The van der Waals surface area contributed by atoms with Crippen molar-refractivity contribution in [1.82, 2.24) is 14.7 Å². The second-order valence-corrected chi connectivity index (χ2v) is 7.23. The third kappa shape index (κ3) is 4.30. The summed E-state index contributed by atoms with van der Waals surface area (Å²) in [6, 6.07) is 7.14. The summed E-state index contributed by atoms with van der Waals surface area (Å²) in [5.74, 6) is -0.166. The van der Waals surface area contributed by atoms with E-state index in [1.165, 1.54) is 0 Å². The van der Waals surface area contributed by atoms with Gasteiger partial charge in [0.25, 0.3) is 5.91 Å². The Bertz CT molecular complexity index is 1030. The number of hydrogen-bond acceptors (Lipinski definition) is 3. The number of nitrogens with one attached hydrogen (secondary N) is 2. The van der Waals surface area contributed by atoms with E-state index in [1.807, 2.05) is 19.1 Å². The van der Waals surface area contributed by atoms with E-state index in [0.29, 0.717) is 21.4 Å². The number of hydrogen-bond donors (Lipinski definition) is 2. The molecule has 1 amide bonds. The van der Waals surface area contributed by atoms with Crippen LogP contribution in [0.3, 0.4) is 0 Å². The van der Waals surface area contributed by atoms with Crippen LogP contribution in [-0.2, 0) is 0 Å². The summed E-state index contributed by atoms with van der Waals surface area (Å²) >= 11 is 3.40. The van der Waals surface area contributed by atoms with Crippen LogP contribution in [0.1, 0.15) is 22.3 Å². The molecule has 9 heteroatoms. The normalized spacial score (nSPS) is 11.6. The van der Waals surface area contributed by atoms with Gasteiger partial charge in [-0.25, -0.2) is 4.98 Å². The van der Waals surface area contributed by atoms with Gasteiger partial charge in [0.15, 0.2) is 5.65 Å². The van der Waals surface area contributed by atoms with E-state index in [4.69, 9.17) is 0 Å². The lowest BCUT2D eigenvalue weighted by Gasteiger charge is -2.12. The van der Waals surface area contributed by atoms with Crippen molar-refractivity contribution < 1.29 is 18.0 Å². The van der Waals surface area contributed by atoms with Crippen molar-refractivity contribution in [1.29, 1.82) is 0 Å². The van der Waals surface area contributed by atoms with Crippen LogP contribution in [-0.4, -0.2) is 35.1 Å². The average Bonchev–Trinajstić information content (AvgIpc) is 3.03. The lowest BCUT2D eigenvalue weighted by Crippen LogP contribution is -2.18. The van der Waals surface area contributed by atoms with E-state index in [2.05, 4.69) is 31.5 Å². The van der Waals surface area contributed by atoms with Gasteiger partial charge in [-0.3, -0.25) is 9.20 Å². The molecule has 0 spiro atoms. The molecule has 0 unspecified atom stereocenters. The highest BCUT2D eigenvalue weighted by Crippen LogP contribution is 2.29. The first kappa shape index (κ1) is 20.2. The number of pyridine rings is 1. The molecule has 5 nitrogen and oxygen atoms in total. The Morgan fingerprint density at radius 1 is 1.29 bits per heavy atom. The molecular formula is C19H18BrF3N4O. The molecule has 148 valence electrons. The number of rotatable bonds is 5. The van der Waals surface area contributed by atoms with E-state index in [9.17, 15) is 18.0 Å². The molecule has 2 aromatic heterocycles. The minimum absolute atomic E-state index is 0.166. The van der Waals surface area contributed by atoms with Gasteiger partial charge in [-0.05, 0) is 46.6 Å². The van der Waals surface area contributed by atoms with Crippen molar-refractivity contribution in [3.05, 3.63) is 52.3 Å². The maximum absolute atomic E-state index is 12.4. The van der Waals surface area contributed by atoms with E-state index < -0.39 is 12.6 Å². The zero-order valence-electron chi connectivity index (χ0n) is 15.2. The molecule has 0 atom stereocenters. The van der Waals surface area contributed by atoms with Crippen molar-refractivity contribution in [3.63, 3.8) is 0 Å². The molecule has 2 heterocycles. The first-order chi connectivity index (χ1) is 13.2. The number of carbonyl (C=O) groups is 1. The molecule has 2 N–H and O–H groups in total. The topological polar surface area (TPSA) is 58.4 Å². The molecule has 0 radical (unpaired) electrons. The largest absolute Gasteiger partial charge is 0.390 e. The molecule has 0 aliphatic heterocycles. The lowest BCUT2D eigenvalue weighted by molar-refractivity contribution is -0.131. The van der Waals surface area contributed by atoms with E-state index in [-0.39, 0.29) is 12.5 Å². The maximum atomic E-state index is 12.4. The van der Waals surface area contributed by atoms with Gasteiger partial charge in [-0.2, -0.15) is 13.2 Å². The van der Waals surface area contributed by atoms with E-state index in [0.717, 1.165) is 16.8 Å². The molecule has 1 aromatic carbocycles. The van der Waals surface area contributed by atoms with Gasteiger partial charge in [0.2, 0.25) is 0 Å². The number of benzene rings is 1. The van der Waals surface area contributed by atoms with Crippen LogP contribution in [0.15, 0.2) is 41.1 Å². The number of aryl methyl sites for hydroxylation is 1. The zero-order chi connectivity index (χ0) is 20.5. The molecule has 0 bridgehead atoms. The first-order valence-corrected chi connectivity index (χ1v) is 9.29. The molecule has 0 aliphatic rings. The number of amides is 1. The summed E-state index contributed by atoms with van der Waals surface area (Å²) in [6.07, 6.45) is -1.70. The highest BCUT2D eigenvalue weighted by Gasteiger charge is 2.26. The predicted octanol–water partition coefficient (Wildman–Crippen LogP) is 4.80. The number of anilines is 1. The second-order valence-electron chi connectivity index (χ2n) is 6.31. The van der Waals surface area contributed by atoms with Gasteiger partial charge in [-0.15, -0.1) is 0 Å². The van der Waals surface area contributed by atoms with E-state index >= 15 is 0 Å². The van der Waals surface area contributed by atoms with Gasteiger partial charge in [0.1, 0.15) is 0 Å². The van der Waals surface area contributed by atoms with Crippen LogP contribution in [0.25, 0.3) is 16.9 Å². The molecule has 0 saturated heterocycles. The first-order valence-electron chi connectivity index (χ1n) is 8.50. The standard InChI is InChI=1S/C19H18BrF3N4O/c1-11-7-12(3-4-14(11)18(28)24-2)16-9-26-17-15(8-13(20)10-27(16)17)25-6-5-19(21,22)23/h3-4,7-10,25H,5-6H2,1-2H3,(H,24,28). The molecule has 0 aliphatic carbocycles. The van der Waals surface area contributed by atoms with Crippen LogP contribution < -0.4 is 10.6 Å². The van der Waals surface area contributed by atoms with Crippen molar-refractivity contribution in [2.75, 3.05) is 18.9 Å². The highest BCUT2D eigenvalue weighted by molar-refractivity contribution is 9.10. The minimum Gasteiger partial charge on any atom is -0.382 e. The fourth-order valence-electron chi connectivity index (χ4n) is 2.95. The van der Waals surface area contributed by atoms with Crippen LogP contribution in [0.5, 0.6) is 0 Å². The number of halogens is 4. The summed E-state index contributed by atoms with van der Waals surface area (Å²) in [7, 11) is 1.57. The fourth-order valence-corrected chi connectivity index (χ4v) is 3.38. The molecule has 28 heavy (non-hydrogen) atoms. The average molecular weight is 455 g/mol. The SMILES string of the molecule is CNC(=O)c1ccc(-c2cnc3c(NCCC(F)(F)F)cc(Br)cn23)cc1C. The Hall–Kier alpha value is -2.55. The van der Waals surface area contributed by atoms with E-state index in [1.54, 1.807) is 36.0 Å². The van der Waals surface area contributed by atoms with Crippen LogP contribution in [0.4, 0.5) is 18.9 Å². The number of aromatic nitrogens is 2. The smallest absolute Gasteiger partial charge is 0.382 e. The third-order valence-electron chi connectivity index (χ3n) is 4.29. The van der Waals surface area contributed by atoms with Crippen molar-refractivity contribution in [2.24, 2.45) is 0 Å². The number of alkyl halides is 3. The summed E-state index contributed by atoms with van der Waals surface area (Å²) in [6.45, 7) is 1.61. The number of fused-ring (bicyclic) bond motifs is 1. The molecule has 0 fully saturated rings. The Labute approximate surface area is 168 Å². The van der Waals surface area contributed by atoms with Crippen LogP contribution >= 0.6 is 15.9 Å². The summed E-state index contributed by atoms with van der Waals surface area (Å²) in [5, 5.41) is 5.41. The lowest BCUT2D eigenvalue weighted by atomic mass is 10.0. The van der Waals surface area contributed by atoms with Crippen LogP contribution in [0.2, 0.25) is 0 Å². The minimum atomic E-state index is -4.22. The summed E-state index contributed by atoms with van der Waals surface area (Å²) < 4.78 is 39.8. The predicted molar refractivity (Wildman–Crippen MR) is 106 cm³/mol. The Morgan fingerprint density at radius 2 is 2.04 bits per heavy atom. The second kappa shape index (κ2) is 7.83. The van der Waals surface area contributed by atoms with Gasteiger partial charge in [0.05, 0.1) is 24.0 Å². The summed E-state index contributed by atoms with van der Waals surface area (Å²) in [4.78, 5) is 16.3. The van der Waals surface area contributed by atoms with Gasteiger partial charge >= 0.3 is 6.18 Å². The maximum Gasteiger partial charge on any atom is 0.390 e. The Morgan fingerprint density at radius 3 is 2.68 bits per heavy atom. The monoisotopic (exact) mass is 454 g/mol. The summed E-state index contributed by atoms with van der Waals surface area (Å²) in [5.41, 5.74) is 4.02. The third-order valence-corrected chi connectivity index (χ3v) is 4.72. The van der Waals surface area contributed by atoms with Gasteiger partial charge in [-0.1, -0.05) is 6.07 Å². The Kier molecular flexibility index (Phi) is 5.64. The van der Waals surface area contributed by atoms with Crippen molar-refractivity contribution >= 4 is 33.2 Å². The van der Waals surface area contributed by atoms with Crippen LogP contribution in [0, 0.1) is 6.92 Å². The van der Waals surface area contributed by atoms with Gasteiger partial charge < -0.3 is 10.6 Å². The Balaban J connectivity index is 1.98. The molecule has 3 aromatic rings. The number of carbonyl (C=O) groups excluding carboxylic acids is 1. The number of nitrogens with zero attached hydrogens (tertiary/aromatic N) is 2. The van der Waals surface area contributed by atoms with Crippen molar-refractivity contribution in [3.8, 4) is 11.3 Å².